The molecule has 20 heavy (non-hydrogen) atoms. The van der Waals surface area contributed by atoms with E-state index in [1.807, 2.05) is 36.2 Å². The minimum atomic E-state index is -0.354. The van der Waals surface area contributed by atoms with E-state index in [4.69, 9.17) is 29.6 Å². The quantitative estimate of drug-likeness (QED) is 0.872. The Bertz CT molecular complexity index is 646. The van der Waals surface area contributed by atoms with E-state index in [2.05, 4.69) is 0 Å². The Morgan fingerprint density at radius 1 is 1.30 bits per heavy atom. The Morgan fingerprint density at radius 2 is 2.05 bits per heavy atom. The molecule has 2 rings (SSSR count). The fraction of sp³-hybridized carbons (Fsp3) is 0.133. The highest BCUT2D eigenvalue weighted by atomic mass is 35.5. The predicted molar refractivity (Wildman–Crippen MR) is 85.8 cm³/mol. The zero-order valence-corrected chi connectivity index (χ0v) is 12.5. The van der Waals surface area contributed by atoms with Gasteiger partial charge in [-0.25, -0.2) is 4.39 Å². The summed E-state index contributed by atoms with van der Waals surface area (Å²) < 4.78 is 13.3. The fourth-order valence-electron chi connectivity index (χ4n) is 2.03. The minimum absolute atomic E-state index is 0.178. The molecule has 0 atom stereocenters. The lowest BCUT2D eigenvalue weighted by Crippen LogP contribution is -2.21. The summed E-state index contributed by atoms with van der Waals surface area (Å²) in [5.74, 6) is -0.354. The third kappa shape index (κ3) is 3.46. The molecule has 0 unspecified atom stereocenters. The topological polar surface area (TPSA) is 29.3 Å². The van der Waals surface area contributed by atoms with Crippen molar-refractivity contribution in [3.63, 3.8) is 0 Å². The van der Waals surface area contributed by atoms with E-state index in [9.17, 15) is 4.39 Å². The molecular weight excluding hydrogens is 295 g/mol. The van der Waals surface area contributed by atoms with Gasteiger partial charge < -0.3 is 10.6 Å². The van der Waals surface area contributed by atoms with Crippen LogP contribution in [0.4, 0.5) is 10.1 Å². The second kappa shape index (κ2) is 6.20. The van der Waals surface area contributed by atoms with Gasteiger partial charge in [-0.15, -0.1) is 0 Å². The highest BCUT2D eigenvalue weighted by Gasteiger charge is 2.11. The zero-order chi connectivity index (χ0) is 14.7. The van der Waals surface area contributed by atoms with Crippen LogP contribution in [0.25, 0.3) is 0 Å². The molecule has 2 aromatic carbocycles. The Kier molecular flexibility index (Phi) is 4.57. The molecule has 0 aliphatic rings. The first-order valence-electron chi connectivity index (χ1n) is 6.02. The summed E-state index contributed by atoms with van der Waals surface area (Å²) >= 11 is 10.9. The Labute approximate surface area is 128 Å². The number of halogens is 2. The number of anilines is 1. The lowest BCUT2D eigenvalue weighted by molar-refractivity contribution is 0.627. The Hall–Kier alpha value is -1.65. The number of benzene rings is 2. The van der Waals surface area contributed by atoms with Gasteiger partial charge in [-0.3, -0.25) is 0 Å². The third-order valence-corrected chi connectivity index (χ3v) is 3.40. The van der Waals surface area contributed by atoms with Crippen molar-refractivity contribution in [3.8, 4) is 0 Å². The van der Waals surface area contributed by atoms with Crippen molar-refractivity contribution in [1.82, 2.24) is 0 Å². The van der Waals surface area contributed by atoms with Crippen molar-refractivity contribution >= 4 is 34.5 Å². The van der Waals surface area contributed by atoms with Crippen molar-refractivity contribution in [2.45, 2.75) is 6.54 Å². The predicted octanol–water partition coefficient (Wildman–Crippen LogP) is 3.75. The molecule has 0 fully saturated rings. The zero-order valence-electron chi connectivity index (χ0n) is 10.9. The number of hydrogen-bond donors (Lipinski definition) is 1. The normalized spacial score (nSPS) is 10.3. The van der Waals surface area contributed by atoms with Crippen LogP contribution >= 0.6 is 23.8 Å². The van der Waals surface area contributed by atoms with E-state index in [1.54, 1.807) is 6.07 Å². The Morgan fingerprint density at radius 3 is 2.70 bits per heavy atom. The molecule has 2 nitrogen and oxygen atoms in total. The lowest BCUT2D eigenvalue weighted by Gasteiger charge is -2.22. The van der Waals surface area contributed by atoms with Crippen LogP contribution in [0.2, 0.25) is 5.02 Å². The van der Waals surface area contributed by atoms with E-state index in [-0.39, 0.29) is 10.8 Å². The minimum Gasteiger partial charge on any atom is -0.389 e. The largest absolute Gasteiger partial charge is 0.389 e. The number of hydrogen-bond acceptors (Lipinski definition) is 2. The van der Waals surface area contributed by atoms with Crippen LogP contribution in [-0.2, 0) is 6.54 Å². The first-order valence-corrected chi connectivity index (χ1v) is 6.81. The van der Waals surface area contributed by atoms with Gasteiger partial charge in [-0.05, 0) is 35.9 Å². The average Bonchev–Trinajstić information content (AvgIpc) is 2.38. The molecule has 0 heterocycles. The van der Waals surface area contributed by atoms with Crippen LogP contribution in [0, 0.1) is 5.82 Å². The van der Waals surface area contributed by atoms with Gasteiger partial charge in [-0.2, -0.15) is 0 Å². The lowest BCUT2D eigenvalue weighted by atomic mass is 10.1. The number of rotatable bonds is 4. The molecule has 0 aromatic heterocycles. The standard InChI is InChI=1S/C15H14ClFN2S/c1-19(9-10-3-2-4-11(16)7-10)14-6-5-12(17)8-13(14)15(18)20/h2-8H,9H2,1H3,(H2,18,20). The van der Waals surface area contributed by atoms with Gasteiger partial charge in [0.15, 0.2) is 0 Å². The summed E-state index contributed by atoms with van der Waals surface area (Å²) in [6.07, 6.45) is 0. The Balaban J connectivity index is 2.29. The van der Waals surface area contributed by atoms with Crippen LogP contribution in [0.5, 0.6) is 0 Å². The van der Waals surface area contributed by atoms with Gasteiger partial charge >= 0.3 is 0 Å². The van der Waals surface area contributed by atoms with Gasteiger partial charge in [0.1, 0.15) is 10.8 Å². The van der Waals surface area contributed by atoms with E-state index in [0.29, 0.717) is 17.1 Å². The molecule has 5 heteroatoms. The maximum Gasteiger partial charge on any atom is 0.124 e. The van der Waals surface area contributed by atoms with Gasteiger partial charge in [-0.1, -0.05) is 36.0 Å². The second-order valence-corrected chi connectivity index (χ2v) is 5.39. The van der Waals surface area contributed by atoms with Gasteiger partial charge in [0.05, 0.1) is 0 Å². The highest BCUT2D eigenvalue weighted by molar-refractivity contribution is 7.80. The van der Waals surface area contributed by atoms with Crippen molar-refractivity contribution in [3.05, 3.63) is 64.4 Å². The van der Waals surface area contributed by atoms with E-state index in [1.165, 1.54) is 12.1 Å². The fourth-order valence-corrected chi connectivity index (χ4v) is 2.41. The summed E-state index contributed by atoms with van der Waals surface area (Å²) in [6.45, 7) is 0.627. The molecule has 0 saturated carbocycles. The van der Waals surface area contributed by atoms with Crippen LogP contribution in [0.1, 0.15) is 11.1 Å². The van der Waals surface area contributed by atoms with Crippen molar-refractivity contribution in [1.29, 1.82) is 0 Å². The summed E-state index contributed by atoms with van der Waals surface area (Å²) in [5.41, 5.74) is 8.03. The van der Waals surface area contributed by atoms with Crippen LogP contribution in [0.3, 0.4) is 0 Å². The number of nitrogens with two attached hydrogens (primary N) is 1. The molecule has 104 valence electrons. The van der Waals surface area contributed by atoms with Crippen LogP contribution in [0.15, 0.2) is 42.5 Å². The molecule has 0 amide bonds. The van der Waals surface area contributed by atoms with E-state index >= 15 is 0 Å². The van der Waals surface area contributed by atoms with Crippen molar-refractivity contribution in [2.24, 2.45) is 5.73 Å². The highest BCUT2D eigenvalue weighted by Crippen LogP contribution is 2.23. The van der Waals surface area contributed by atoms with Crippen molar-refractivity contribution < 1.29 is 4.39 Å². The number of thiocarbonyl (C=S) groups is 1. The van der Waals surface area contributed by atoms with E-state index in [0.717, 1.165) is 11.3 Å². The first-order chi connectivity index (χ1) is 9.47. The summed E-state index contributed by atoms with van der Waals surface area (Å²) in [5, 5.41) is 0.685. The monoisotopic (exact) mass is 308 g/mol. The van der Waals surface area contributed by atoms with Crippen LogP contribution in [-0.4, -0.2) is 12.0 Å². The summed E-state index contributed by atoms with van der Waals surface area (Å²) in [7, 11) is 1.90. The van der Waals surface area contributed by atoms with Gasteiger partial charge in [0, 0.05) is 29.9 Å². The molecule has 0 bridgehead atoms. The molecule has 0 aliphatic carbocycles. The molecule has 0 aliphatic heterocycles. The first kappa shape index (κ1) is 14.8. The number of nitrogens with zero attached hydrogens (tertiary/aromatic N) is 1. The molecule has 2 aromatic rings. The van der Waals surface area contributed by atoms with Gasteiger partial charge in [0.25, 0.3) is 0 Å². The van der Waals surface area contributed by atoms with Crippen molar-refractivity contribution in [2.75, 3.05) is 11.9 Å². The molecule has 0 spiro atoms. The molecule has 2 N–H and O–H groups in total. The van der Waals surface area contributed by atoms with Gasteiger partial charge in [0.2, 0.25) is 0 Å². The average molecular weight is 309 g/mol. The maximum atomic E-state index is 13.3. The maximum absolute atomic E-state index is 13.3. The summed E-state index contributed by atoms with van der Waals surface area (Å²) in [4.78, 5) is 2.14. The van der Waals surface area contributed by atoms with E-state index < -0.39 is 0 Å². The van der Waals surface area contributed by atoms with Crippen LogP contribution < -0.4 is 10.6 Å². The molecule has 0 saturated heterocycles. The SMILES string of the molecule is CN(Cc1cccc(Cl)c1)c1ccc(F)cc1C(N)=S. The second-order valence-electron chi connectivity index (χ2n) is 4.51. The smallest absolute Gasteiger partial charge is 0.124 e. The molecular formula is C15H14ClFN2S. The third-order valence-electron chi connectivity index (χ3n) is 2.94. The summed E-state index contributed by atoms with van der Waals surface area (Å²) in [6, 6.07) is 12.0. The molecule has 0 radical (unpaired) electrons.